The smallest absolute Gasteiger partial charge is 0.243 e. The second kappa shape index (κ2) is 4.22. The normalized spacial score (nSPS) is 25.3. The number of amides is 1. The van der Waals surface area contributed by atoms with Crippen molar-refractivity contribution >= 4 is 17.5 Å². The van der Waals surface area contributed by atoms with Crippen LogP contribution in [-0.4, -0.2) is 35.7 Å². The fourth-order valence-corrected chi connectivity index (χ4v) is 1.58. The third-order valence-corrected chi connectivity index (χ3v) is 2.42. The molecule has 0 bridgehead atoms. The Morgan fingerprint density at radius 1 is 1.62 bits per heavy atom. The van der Waals surface area contributed by atoms with E-state index in [1.54, 1.807) is 6.92 Å². The summed E-state index contributed by atoms with van der Waals surface area (Å²) in [5, 5.41) is -0.614. The number of carbonyl (C=O) groups excluding carboxylic acids is 1. The fraction of sp³-hybridized carbons (Fsp3) is 0.875. The SMILES string of the molecule is C[C@@H](Cl)C(=O)N1CC[C@H](C(F)F)C1. The molecule has 1 saturated heterocycles. The predicted molar refractivity (Wildman–Crippen MR) is 46.0 cm³/mol. The van der Waals surface area contributed by atoms with Gasteiger partial charge in [-0.1, -0.05) is 0 Å². The molecule has 1 aliphatic rings. The van der Waals surface area contributed by atoms with Crippen molar-refractivity contribution in [2.75, 3.05) is 13.1 Å². The van der Waals surface area contributed by atoms with Crippen molar-refractivity contribution in [1.82, 2.24) is 4.90 Å². The van der Waals surface area contributed by atoms with Gasteiger partial charge in [-0.15, -0.1) is 11.6 Å². The zero-order valence-electron chi connectivity index (χ0n) is 7.34. The molecule has 76 valence electrons. The van der Waals surface area contributed by atoms with E-state index in [2.05, 4.69) is 0 Å². The number of rotatable bonds is 2. The van der Waals surface area contributed by atoms with Crippen LogP contribution in [0.15, 0.2) is 0 Å². The third-order valence-electron chi connectivity index (χ3n) is 2.23. The Balaban J connectivity index is 2.45. The Kier molecular flexibility index (Phi) is 3.47. The van der Waals surface area contributed by atoms with Gasteiger partial charge in [-0.3, -0.25) is 4.79 Å². The van der Waals surface area contributed by atoms with Gasteiger partial charge in [0.25, 0.3) is 0 Å². The standard InChI is InChI=1S/C8H12ClF2NO/c1-5(9)8(13)12-3-2-6(4-12)7(10)11/h5-7H,2-4H2,1H3/t5-,6+/m1/s1. The van der Waals surface area contributed by atoms with Crippen LogP contribution in [0, 0.1) is 5.92 Å². The minimum absolute atomic E-state index is 0.146. The lowest BCUT2D eigenvalue weighted by Gasteiger charge is -2.17. The van der Waals surface area contributed by atoms with E-state index in [1.807, 2.05) is 0 Å². The van der Waals surface area contributed by atoms with Gasteiger partial charge in [-0.05, 0) is 13.3 Å². The molecule has 0 aliphatic carbocycles. The Morgan fingerprint density at radius 2 is 2.23 bits per heavy atom. The van der Waals surface area contributed by atoms with Crippen LogP contribution in [0.4, 0.5) is 8.78 Å². The lowest BCUT2D eigenvalue weighted by Crippen LogP contribution is -2.34. The second-order valence-corrected chi connectivity index (χ2v) is 3.94. The zero-order valence-corrected chi connectivity index (χ0v) is 8.10. The van der Waals surface area contributed by atoms with Crippen molar-refractivity contribution in [1.29, 1.82) is 0 Å². The molecule has 1 heterocycles. The minimum atomic E-state index is -2.33. The van der Waals surface area contributed by atoms with Gasteiger partial charge in [0, 0.05) is 19.0 Å². The van der Waals surface area contributed by atoms with Crippen molar-refractivity contribution in [3.8, 4) is 0 Å². The summed E-state index contributed by atoms with van der Waals surface area (Å²) in [6, 6.07) is 0. The number of nitrogens with zero attached hydrogens (tertiary/aromatic N) is 1. The summed E-state index contributed by atoms with van der Waals surface area (Å²) in [7, 11) is 0. The lowest BCUT2D eigenvalue weighted by atomic mass is 10.1. The Labute approximate surface area is 80.8 Å². The van der Waals surface area contributed by atoms with Crippen molar-refractivity contribution in [2.45, 2.75) is 25.1 Å². The van der Waals surface area contributed by atoms with E-state index in [1.165, 1.54) is 4.90 Å². The molecule has 0 N–H and O–H groups in total. The number of carbonyl (C=O) groups is 1. The molecule has 0 aromatic rings. The number of hydrogen-bond donors (Lipinski definition) is 0. The molecule has 1 fully saturated rings. The molecule has 1 amide bonds. The van der Waals surface area contributed by atoms with E-state index < -0.39 is 17.7 Å². The Bertz CT molecular complexity index is 199. The summed E-state index contributed by atoms with van der Waals surface area (Å²) in [5.41, 5.74) is 0. The first-order valence-electron chi connectivity index (χ1n) is 4.23. The quantitative estimate of drug-likeness (QED) is 0.637. The summed E-state index contributed by atoms with van der Waals surface area (Å²) in [6.07, 6.45) is -1.95. The topological polar surface area (TPSA) is 20.3 Å². The summed E-state index contributed by atoms with van der Waals surface area (Å²) < 4.78 is 24.4. The Morgan fingerprint density at radius 3 is 2.62 bits per heavy atom. The molecule has 1 aliphatic heterocycles. The number of alkyl halides is 3. The van der Waals surface area contributed by atoms with Gasteiger partial charge in [0.1, 0.15) is 5.38 Å². The first kappa shape index (κ1) is 10.7. The maximum absolute atomic E-state index is 12.2. The Hall–Kier alpha value is -0.380. The van der Waals surface area contributed by atoms with Crippen LogP contribution in [0.25, 0.3) is 0 Å². The molecule has 0 radical (unpaired) electrons. The van der Waals surface area contributed by atoms with Crippen molar-refractivity contribution < 1.29 is 13.6 Å². The van der Waals surface area contributed by atoms with Crippen molar-refractivity contribution in [3.63, 3.8) is 0 Å². The average Bonchev–Trinajstić information content (AvgIpc) is 2.50. The van der Waals surface area contributed by atoms with E-state index in [9.17, 15) is 13.6 Å². The largest absolute Gasteiger partial charge is 0.341 e. The molecule has 0 unspecified atom stereocenters. The monoisotopic (exact) mass is 211 g/mol. The highest BCUT2D eigenvalue weighted by molar-refractivity contribution is 6.30. The van der Waals surface area contributed by atoms with Crippen LogP contribution < -0.4 is 0 Å². The molecule has 13 heavy (non-hydrogen) atoms. The fourth-order valence-electron chi connectivity index (χ4n) is 1.44. The average molecular weight is 212 g/mol. The highest BCUT2D eigenvalue weighted by Crippen LogP contribution is 2.23. The van der Waals surface area contributed by atoms with Gasteiger partial charge in [0.2, 0.25) is 12.3 Å². The lowest BCUT2D eigenvalue weighted by molar-refractivity contribution is -0.129. The maximum atomic E-state index is 12.2. The molecule has 2 atom stereocenters. The van der Waals surface area contributed by atoms with Crippen LogP contribution >= 0.6 is 11.6 Å². The summed E-state index contributed by atoms with van der Waals surface area (Å²) >= 11 is 5.56. The molecule has 0 spiro atoms. The van der Waals surface area contributed by atoms with Crippen LogP contribution in [0.5, 0.6) is 0 Å². The number of likely N-dealkylation sites (tertiary alicyclic amines) is 1. The number of halogens is 3. The second-order valence-electron chi connectivity index (χ2n) is 3.28. The maximum Gasteiger partial charge on any atom is 0.243 e. The van der Waals surface area contributed by atoms with E-state index in [4.69, 9.17) is 11.6 Å². The highest BCUT2D eigenvalue weighted by atomic mass is 35.5. The zero-order chi connectivity index (χ0) is 10.0. The van der Waals surface area contributed by atoms with Gasteiger partial charge in [0.05, 0.1) is 0 Å². The summed E-state index contributed by atoms with van der Waals surface area (Å²) in [4.78, 5) is 12.7. The van der Waals surface area contributed by atoms with Gasteiger partial charge in [-0.25, -0.2) is 8.78 Å². The van der Waals surface area contributed by atoms with E-state index in [-0.39, 0.29) is 12.5 Å². The molecule has 2 nitrogen and oxygen atoms in total. The van der Waals surface area contributed by atoms with E-state index >= 15 is 0 Å². The molecule has 0 saturated carbocycles. The predicted octanol–water partition coefficient (Wildman–Crippen LogP) is 1.73. The van der Waals surface area contributed by atoms with E-state index in [0.717, 1.165) is 0 Å². The van der Waals surface area contributed by atoms with Gasteiger partial charge >= 0.3 is 0 Å². The van der Waals surface area contributed by atoms with Crippen LogP contribution in [0.1, 0.15) is 13.3 Å². The van der Waals surface area contributed by atoms with Crippen LogP contribution in [0.3, 0.4) is 0 Å². The minimum Gasteiger partial charge on any atom is -0.341 e. The van der Waals surface area contributed by atoms with E-state index in [0.29, 0.717) is 13.0 Å². The summed E-state index contributed by atoms with van der Waals surface area (Å²) in [5.74, 6) is -0.913. The highest BCUT2D eigenvalue weighted by Gasteiger charge is 2.32. The molecule has 0 aromatic carbocycles. The summed E-state index contributed by atoms with van der Waals surface area (Å²) in [6.45, 7) is 2.11. The van der Waals surface area contributed by atoms with Gasteiger partial charge in [0.15, 0.2) is 0 Å². The number of hydrogen-bond acceptors (Lipinski definition) is 1. The molecule has 5 heteroatoms. The van der Waals surface area contributed by atoms with Crippen LogP contribution in [-0.2, 0) is 4.79 Å². The molecular weight excluding hydrogens is 200 g/mol. The van der Waals surface area contributed by atoms with Crippen molar-refractivity contribution in [3.05, 3.63) is 0 Å². The first-order chi connectivity index (χ1) is 6.02. The third kappa shape index (κ3) is 2.53. The van der Waals surface area contributed by atoms with Gasteiger partial charge in [-0.2, -0.15) is 0 Å². The van der Waals surface area contributed by atoms with Crippen LogP contribution in [0.2, 0.25) is 0 Å². The van der Waals surface area contributed by atoms with Gasteiger partial charge < -0.3 is 4.90 Å². The molecular formula is C8H12ClF2NO. The molecule has 1 rings (SSSR count). The molecule has 0 aromatic heterocycles. The van der Waals surface area contributed by atoms with Crippen molar-refractivity contribution in [2.24, 2.45) is 5.92 Å². The first-order valence-corrected chi connectivity index (χ1v) is 4.67.